The molecular weight excluding hydrogens is 432 g/mol. The number of carbonyl (C=O) groups excluding carboxylic acids is 2. The van der Waals surface area contributed by atoms with E-state index in [-0.39, 0.29) is 25.0 Å². The summed E-state index contributed by atoms with van der Waals surface area (Å²) in [7, 11) is 0. The highest BCUT2D eigenvalue weighted by Gasteiger charge is 2.30. The highest BCUT2D eigenvalue weighted by Crippen LogP contribution is 2.44. The van der Waals surface area contributed by atoms with Crippen LogP contribution < -0.4 is 10.6 Å². The number of benzene rings is 2. The number of nitrogens with one attached hydrogen (secondary N) is 2. The minimum Gasteiger partial charge on any atom is -0.480 e. The Bertz CT molecular complexity index is 1000. The average Bonchev–Trinajstić information content (AvgIpc) is 3.46. The Hall–Kier alpha value is -3.35. The molecule has 2 aliphatic carbocycles. The Kier molecular flexibility index (Phi) is 7.50. The van der Waals surface area contributed by atoms with Crippen molar-refractivity contribution in [2.75, 3.05) is 13.2 Å². The van der Waals surface area contributed by atoms with Crippen molar-refractivity contribution in [3.63, 3.8) is 0 Å². The molecule has 34 heavy (non-hydrogen) atoms. The number of amides is 2. The molecule has 0 bridgehead atoms. The zero-order valence-corrected chi connectivity index (χ0v) is 19.5. The first-order valence-electron chi connectivity index (χ1n) is 12.1. The van der Waals surface area contributed by atoms with E-state index >= 15 is 0 Å². The van der Waals surface area contributed by atoms with Gasteiger partial charge in [-0.3, -0.25) is 9.59 Å². The van der Waals surface area contributed by atoms with Crippen molar-refractivity contribution in [2.24, 2.45) is 11.8 Å². The number of rotatable bonds is 9. The van der Waals surface area contributed by atoms with Crippen molar-refractivity contribution in [3.8, 4) is 11.1 Å². The van der Waals surface area contributed by atoms with Gasteiger partial charge in [0.25, 0.3) is 0 Å². The topological polar surface area (TPSA) is 105 Å². The number of hydrogen-bond acceptors (Lipinski definition) is 4. The van der Waals surface area contributed by atoms with E-state index in [1.807, 2.05) is 24.3 Å². The van der Waals surface area contributed by atoms with Crippen molar-refractivity contribution in [1.29, 1.82) is 0 Å². The summed E-state index contributed by atoms with van der Waals surface area (Å²) in [5.74, 6) is -1.55. The smallest absolute Gasteiger partial charge is 0.407 e. The van der Waals surface area contributed by atoms with Crippen LogP contribution in [0.1, 0.15) is 56.1 Å². The maximum atomic E-state index is 12.7. The lowest BCUT2D eigenvalue weighted by molar-refractivity contribution is -0.142. The predicted octanol–water partition coefficient (Wildman–Crippen LogP) is 4.31. The van der Waals surface area contributed by atoms with E-state index in [0.29, 0.717) is 12.3 Å². The fourth-order valence-electron chi connectivity index (χ4n) is 5.18. The minimum atomic E-state index is -1.09. The second-order valence-electron chi connectivity index (χ2n) is 9.36. The molecule has 7 heteroatoms. The SMILES string of the molecule is C[C@H](NC(=O)C(CNC(=O)OCC1c2ccccc2-c2ccccc21)CC1CCCC1)C(=O)O. The largest absolute Gasteiger partial charge is 0.480 e. The van der Waals surface area contributed by atoms with Crippen LogP contribution in [0.2, 0.25) is 0 Å². The van der Waals surface area contributed by atoms with Gasteiger partial charge in [-0.15, -0.1) is 0 Å². The molecular formula is C27H32N2O5. The zero-order valence-electron chi connectivity index (χ0n) is 19.5. The van der Waals surface area contributed by atoms with Crippen LogP contribution in [0.25, 0.3) is 11.1 Å². The van der Waals surface area contributed by atoms with Gasteiger partial charge in [-0.25, -0.2) is 4.79 Å². The van der Waals surface area contributed by atoms with E-state index in [4.69, 9.17) is 9.84 Å². The van der Waals surface area contributed by atoms with Gasteiger partial charge >= 0.3 is 12.1 Å². The number of hydrogen-bond donors (Lipinski definition) is 3. The molecule has 2 aromatic carbocycles. The molecule has 1 saturated carbocycles. The van der Waals surface area contributed by atoms with Crippen LogP contribution in [0, 0.1) is 11.8 Å². The fourth-order valence-corrected chi connectivity index (χ4v) is 5.18. The molecule has 2 amide bonds. The second kappa shape index (κ2) is 10.7. The van der Waals surface area contributed by atoms with Crippen LogP contribution >= 0.6 is 0 Å². The predicted molar refractivity (Wildman–Crippen MR) is 128 cm³/mol. The van der Waals surface area contributed by atoms with Gasteiger partial charge in [-0.05, 0) is 41.5 Å². The molecule has 0 radical (unpaired) electrons. The lowest BCUT2D eigenvalue weighted by Crippen LogP contribution is -2.45. The molecule has 2 aliphatic rings. The monoisotopic (exact) mass is 464 g/mol. The molecule has 1 fully saturated rings. The summed E-state index contributed by atoms with van der Waals surface area (Å²) >= 11 is 0. The number of carbonyl (C=O) groups is 3. The summed E-state index contributed by atoms with van der Waals surface area (Å²) < 4.78 is 5.58. The summed E-state index contributed by atoms with van der Waals surface area (Å²) in [6.07, 6.45) is 4.46. The third-order valence-electron chi connectivity index (χ3n) is 7.03. The van der Waals surface area contributed by atoms with Gasteiger partial charge in [0.15, 0.2) is 0 Å². The van der Waals surface area contributed by atoms with E-state index in [0.717, 1.165) is 47.9 Å². The molecule has 3 N–H and O–H groups in total. The van der Waals surface area contributed by atoms with Gasteiger partial charge < -0.3 is 20.5 Å². The third kappa shape index (κ3) is 5.41. The number of fused-ring (bicyclic) bond motifs is 3. The quantitative estimate of drug-likeness (QED) is 0.513. The van der Waals surface area contributed by atoms with Crippen molar-refractivity contribution >= 4 is 18.0 Å². The standard InChI is InChI=1S/C27H32N2O5/c1-17(26(31)32)29-25(30)19(14-18-8-2-3-9-18)15-28-27(33)34-16-24-22-12-6-4-10-20(22)21-11-5-7-13-23(21)24/h4-7,10-13,17-19,24H,2-3,8-9,14-16H2,1H3,(H,28,33)(H,29,30)(H,31,32)/t17-,19?/m0/s1. The van der Waals surface area contributed by atoms with Crippen molar-refractivity contribution in [3.05, 3.63) is 59.7 Å². The summed E-state index contributed by atoms with van der Waals surface area (Å²) in [4.78, 5) is 36.4. The van der Waals surface area contributed by atoms with Crippen LogP contribution in [0.4, 0.5) is 4.79 Å². The van der Waals surface area contributed by atoms with Gasteiger partial charge in [0.05, 0.1) is 5.92 Å². The molecule has 1 unspecified atom stereocenters. The fraction of sp³-hybridized carbons (Fsp3) is 0.444. The van der Waals surface area contributed by atoms with E-state index in [9.17, 15) is 14.4 Å². The molecule has 0 heterocycles. The first-order valence-corrected chi connectivity index (χ1v) is 12.1. The van der Waals surface area contributed by atoms with Gasteiger partial charge in [0.2, 0.25) is 5.91 Å². The molecule has 0 saturated heterocycles. The zero-order chi connectivity index (χ0) is 24.1. The Morgan fingerprint density at radius 1 is 1.00 bits per heavy atom. The average molecular weight is 465 g/mol. The summed E-state index contributed by atoms with van der Waals surface area (Å²) in [6.45, 7) is 1.76. The Balaban J connectivity index is 1.35. The molecule has 0 aliphatic heterocycles. The van der Waals surface area contributed by atoms with E-state index in [1.54, 1.807) is 0 Å². The van der Waals surface area contributed by atoms with E-state index < -0.39 is 24.0 Å². The highest BCUT2D eigenvalue weighted by molar-refractivity contribution is 5.85. The highest BCUT2D eigenvalue weighted by atomic mass is 16.5. The normalized spacial score (nSPS) is 16.9. The molecule has 0 aromatic heterocycles. The third-order valence-corrected chi connectivity index (χ3v) is 7.03. The van der Waals surface area contributed by atoms with E-state index in [2.05, 4.69) is 34.9 Å². The Morgan fingerprint density at radius 3 is 2.18 bits per heavy atom. The summed E-state index contributed by atoms with van der Waals surface area (Å²) in [5.41, 5.74) is 4.59. The van der Waals surface area contributed by atoms with E-state index in [1.165, 1.54) is 6.92 Å². The Labute approximate surface area is 199 Å². The number of ether oxygens (including phenoxy) is 1. The maximum absolute atomic E-state index is 12.7. The van der Waals surface area contributed by atoms with Gasteiger partial charge in [-0.1, -0.05) is 74.2 Å². The number of aliphatic carboxylic acids is 1. The minimum absolute atomic E-state index is 0.0350. The molecule has 0 spiro atoms. The number of alkyl carbamates (subject to hydrolysis) is 1. The van der Waals surface area contributed by atoms with Crippen LogP contribution in [0.5, 0.6) is 0 Å². The van der Waals surface area contributed by atoms with Crippen LogP contribution in [0.3, 0.4) is 0 Å². The van der Waals surface area contributed by atoms with Crippen molar-refractivity contribution < 1.29 is 24.2 Å². The van der Waals surface area contributed by atoms with Crippen LogP contribution in [-0.2, 0) is 14.3 Å². The summed E-state index contributed by atoms with van der Waals surface area (Å²) in [5, 5.41) is 14.4. The number of carboxylic acids is 1. The molecule has 2 atom stereocenters. The molecule has 4 rings (SSSR count). The van der Waals surface area contributed by atoms with Crippen LogP contribution in [-0.4, -0.2) is 42.3 Å². The van der Waals surface area contributed by atoms with Gasteiger partial charge in [0, 0.05) is 12.5 Å². The first kappa shape index (κ1) is 23.8. The van der Waals surface area contributed by atoms with Gasteiger partial charge in [0.1, 0.15) is 12.6 Å². The maximum Gasteiger partial charge on any atom is 0.407 e. The van der Waals surface area contributed by atoms with Crippen LogP contribution in [0.15, 0.2) is 48.5 Å². The lowest BCUT2D eigenvalue weighted by atomic mass is 9.92. The second-order valence-corrected chi connectivity index (χ2v) is 9.36. The van der Waals surface area contributed by atoms with Crippen molar-refractivity contribution in [1.82, 2.24) is 10.6 Å². The number of carboxylic acid groups (broad SMARTS) is 1. The van der Waals surface area contributed by atoms with Gasteiger partial charge in [-0.2, -0.15) is 0 Å². The molecule has 7 nitrogen and oxygen atoms in total. The first-order chi connectivity index (χ1) is 16.4. The summed E-state index contributed by atoms with van der Waals surface area (Å²) in [6, 6.07) is 15.3. The lowest BCUT2D eigenvalue weighted by Gasteiger charge is -2.22. The molecule has 180 valence electrons. The van der Waals surface area contributed by atoms with Crippen molar-refractivity contribution in [2.45, 2.75) is 51.0 Å². The molecule has 2 aromatic rings. The Morgan fingerprint density at radius 2 is 1.59 bits per heavy atom.